The van der Waals surface area contributed by atoms with Crippen LogP contribution in [-0.4, -0.2) is 21.2 Å². The first-order valence-electron chi connectivity index (χ1n) is 6.60. The maximum atomic E-state index is 11.2. The third-order valence-corrected chi connectivity index (χ3v) is 3.31. The number of non-ortho nitro benzene ring substituents is 1. The minimum Gasteiger partial charge on any atom is -0.478 e. The highest BCUT2D eigenvalue weighted by Crippen LogP contribution is 2.29. The lowest BCUT2D eigenvalue weighted by molar-refractivity contribution is -0.384. The molecule has 0 saturated carbocycles. The van der Waals surface area contributed by atoms with Gasteiger partial charge in [-0.2, -0.15) is 0 Å². The lowest BCUT2D eigenvalue weighted by Crippen LogP contribution is -1.98. The second kappa shape index (κ2) is 5.72. The number of nitro groups is 1. The molecule has 1 heterocycles. The van der Waals surface area contributed by atoms with Crippen molar-refractivity contribution in [2.45, 2.75) is 0 Å². The summed E-state index contributed by atoms with van der Waals surface area (Å²) in [7, 11) is 0. The van der Waals surface area contributed by atoms with Gasteiger partial charge in [-0.25, -0.2) is 4.79 Å². The van der Waals surface area contributed by atoms with Gasteiger partial charge in [0.05, 0.1) is 10.5 Å². The number of aromatic nitrogens is 1. The maximum absolute atomic E-state index is 11.2. The van der Waals surface area contributed by atoms with Crippen molar-refractivity contribution in [3.8, 4) is 22.6 Å². The number of carboxylic acid groups (broad SMARTS) is 1. The number of nitrogens with zero attached hydrogens (tertiary/aromatic N) is 2. The molecule has 0 unspecified atom stereocenters. The molecule has 0 saturated heterocycles. The summed E-state index contributed by atoms with van der Waals surface area (Å²) in [5, 5.41) is 23.8. The molecule has 0 aliphatic carbocycles. The predicted octanol–water partition coefficient (Wildman–Crippen LogP) is 3.62. The molecule has 0 aliphatic rings. The molecule has 7 nitrogen and oxygen atoms in total. The van der Waals surface area contributed by atoms with Gasteiger partial charge in [0, 0.05) is 29.3 Å². The zero-order valence-electron chi connectivity index (χ0n) is 11.7. The molecular formula is C16H10N2O5. The van der Waals surface area contributed by atoms with Crippen molar-refractivity contribution in [2.75, 3.05) is 0 Å². The summed E-state index contributed by atoms with van der Waals surface area (Å²) < 4.78 is 5.23. The number of hydrogen-bond donors (Lipinski definition) is 1. The average molecular weight is 310 g/mol. The Balaban J connectivity index is 1.98. The van der Waals surface area contributed by atoms with Crippen molar-refractivity contribution in [2.24, 2.45) is 0 Å². The van der Waals surface area contributed by atoms with E-state index < -0.39 is 10.9 Å². The van der Waals surface area contributed by atoms with Crippen LogP contribution in [0.2, 0.25) is 0 Å². The number of nitro benzene ring substituents is 1. The number of hydrogen-bond acceptors (Lipinski definition) is 5. The Morgan fingerprint density at radius 2 is 1.83 bits per heavy atom. The van der Waals surface area contributed by atoms with Crippen molar-refractivity contribution in [1.29, 1.82) is 0 Å². The second-order valence-electron chi connectivity index (χ2n) is 4.73. The summed E-state index contributed by atoms with van der Waals surface area (Å²) in [5.74, 6) is -0.745. The van der Waals surface area contributed by atoms with Crippen LogP contribution in [0, 0.1) is 10.1 Å². The molecule has 0 radical (unpaired) electrons. The van der Waals surface area contributed by atoms with Gasteiger partial charge < -0.3 is 9.63 Å². The van der Waals surface area contributed by atoms with Gasteiger partial charge >= 0.3 is 5.97 Å². The molecule has 23 heavy (non-hydrogen) atoms. The fourth-order valence-corrected chi connectivity index (χ4v) is 2.18. The van der Waals surface area contributed by atoms with Crippen molar-refractivity contribution in [1.82, 2.24) is 5.16 Å². The molecule has 0 bridgehead atoms. The molecule has 0 amide bonds. The fourth-order valence-electron chi connectivity index (χ4n) is 2.18. The highest BCUT2D eigenvalue weighted by atomic mass is 16.6. The van der Waals surface area contributed by atoms with E-state index in [4.69, 9.17) is 4.52 Å². The largest absolute Gasteiger partial charge is 0.478 e. The first-order chi connectivity index (χ1) is 11.1. The van der Waals surface area contributed by atoms with E-state index in [2.05, 4.69) is 5.16 Å². The Labute approximate surface area is 129 Å². The van der Waals surface area contributed by atoms with Crippen LogP contribution in [-0.2, 0) is 0 Å². The van der Waals surface area contributed by atoms with Gasteiger partial charge in [0.15, 0.2) is 5.76 Å². The van der Waals surface area contributed by atoms with Gasteiger partial charge in [-0.1, -0.05) is 23.4 Å². The first kappa shape index (κ1) is 14.5. The molecule has 1 N–H and O–H groups in total. The molecule has 0 aliphatic heterocycles. The first-order valence-corrected chi connectivity index (χ1v) is 6.60. The smallest absolute Gasteiger partial charge is 0.336 e. The molecule has 2 aromatic carbocycles. The van der Waals surface area contributed by atoms with Crippen LogP contribution in [0.4, 0.5) is 5.69 Å². The zero-order chi connectivity index (χ0) is 16.4. The molecule has 3 aromatic rings. The standard InChI is InChI=1S/C16H10N2O5/c19-16(20)13-4-2-1-3-12(13)15-9-14(17-23-15)10-5-7-11(8-6-10)18(21)22/h1-9H,(H,19,20). The normalized spacial score (nSPS) is 10.4. The molecule has 0 fully saturated rings. The molecule has 7 heteroatoms. The van der Waals surface area contributed by atoms with Crippen molar-refractivity contribution in [3.63, 3.8) is 0 Å². The topological polar surface area (TPSA) is 106 Å². The van der Waals surface area contributed by atoms with Crippen LogP contribution in [0.3, 0.4) is 0 Å². The van der Waals surface area contributed by atoms with Gasteiger partial charge in [0.25, 0.3) is 5.69 Å². The minimum atomic E-state index is -1.06. The number of aromatic carboxylic acids is 1. The summed E-state index contributed by atoms with van der Waals surface area (Å²) in [6.07, 6.45) is 0. The van der Waals surface area contributed by atoms with Crippen LogP contribution >= 0.6 is 0 Å². The van der Waals surface area contributed by atoms with Gasteiger partial charge in [0.1, 0.15) is 5.69 Å². The fraction of sp³-hybridized carbons (Fsp3) is 0. The maximum Gasteiger partial charge on any atom is 0.336 e. The monoisotopic (exact) mass is 310 g/mol. The van der Waals surface area contributed by atoms with E-state index >= 15 is 0 Å². The van der Waals surface area contributed by atoms with Crippen molar-refractivity contribution in [3.05, 3.63) is 70.3 Å². The molecule has 1 aromatic heterocycles. The summed E-state index contributed by atoms with van der Waals surface area (Å²) >= 11 is 0. The number of carboxylic acids is 1. The third-order valence-electron chi connectivity index (χ3n) is 3.31. The van der Waals surface area contributed by atoms with Crippen LogP contribution in [0.15, 0.2) is 59.1 Å². The summed E-state index contributed by atoms with van der Waals surface area (Å²) in [6.45, 7) is 0. The molecule has 0 atom stereocenters. The SMILES string of the molecule is O=C(O)c1ccccc1-c1cc(-c2ccc([N+](=O)[O-])cc2)no1. The minimum absolute atomic E-state index is 0.0197. The highest BCUT2D eigenvalue weighted by molar-refractivity contribution is 5.95. The van der Waals surface area contributed by atoms with Crippen LogP contribution < -0.4 is 0 Å². The Kier molecular flexibility index (Phi) is 3.60. The quantitative estimate of drug-likeness (QED) is 0.582. The summed E-state index contributed by atoms with van der Waals surface area (Å²) in [5.41, 5.74) is 1.61. The zero-order valence-corrected chi connectivity index (χ0v) is 11.7. The number of carbonyl (C=O) groups is 1. The lowest BCUT2D eigenvalue weighted by Gasteiger charge is -2.00. The lowest BCUT2D eigenvalue weighted by atomic mass is 10.0. The Morgan fingerprint density at radius 3 is 2.48 bits per heavy atom. The van der Waals surface area contributed by atoms with E-state index in [0.29, 0.717) is 22.6 Å². The van der Waals surface area contributed by atoms with Gasteiger partial charge in [-0.3, -0.25) is 10.1 Å². The number of benzene rings is 2. The van der Waals surface area contributed by atoms with Crippen molar-refractivity contribution < 1.29 is 19.3 Å². The van der Waals surface area contributed by atoms with E-state index in [1.54, 1.807) is 36.4 Å². The molecular weight excluding hydrogens is 300 g/mol. The third kappa shape index (κ3) is 2.80. The van der Waals surface area contributed by atoms with E-state index in [1.807, 2.05) is 0 Å². The second-order valence-corrected chi connectivity index (χ2v) is 4.73. The molecule has 114 valence electrons. The van der Waals surface area contributed by atoms with Gasteiger partial charge in [-0.05, 0) is 18.2 Å². The Morgan fingerprint density at radius 1 is 1.13 bits per heavy atom. The molecule has 0 spiro atoms. The van der Waals surface area contributed by atoms with E-state index in [-0.39, 0.29) is 11.3 Å². The van der Waals surface area contributed by atoms with Crippen LogP contribution in [0.25, 0.3) is 22.6 Å². The summed E-state index contributed by atoms with van der Waals surface area (Å²) in [4.78, 5) is 21.4. The predicted molar refractivity (Wildman–Crippen MR) is 81.0 cm³/mol. The van der Waals surface area contributed by atoms with E-state index in [1.165, 1.54) is 18.2 Å². The summed E-state index contributed by atoms with van der Waals surface area (Å²) in [6, 6.07) is 13.9. The highest BCUT2D eigenvalue weighted by Gasteiger charge is 2.16. The van der Waals surface area contributed by atoms with E-state index in [9.17, 15) is 20.0 Å². The molecule has 3 rings (SSSR count). The number of rotatable bonds is 4. The van der Waals surface area contributed by atoms with Gasteiger partial charge in [-0.15, -0.1) is 0 Å². The van der Waals surface area contributed by atoms with Gasteiger partial charge in [0.2, 0.25) is 0 Å². The Hall–Kier alpha value is -3.48. The van der Waals surface area contributed by atoms with Crippen LogP contribution in [0.5, 0.6) is 0 Å². The van der Waals surface area contributed by atoms with Crippen molar-refractivity contribution >= 4 is 11.7 Å². The Bertz CT molecular complexity index is 883. The van der Waals surface area contributed by atoms with Crippen LogP contribution in [0.1, 0.15) is 10.4 Å². The van der Waals surface area contributed by atoms with E-state index in [0.717, 1.165) is 0 Å². The average Bonchev–Trinajstić information content (AvgIpc) is 3.04.